The SMILES string of the molecule is COC(=O)c1cc2c3c(coc3c1)CC[C@@H]2C(C)(C)O. The number of aryl methyl sites for hydroxylation is 1. The molecule has 1 aromatic heterocycles. The molecule has 1 aromatic carbocycles. The monoisotopic (exact) mass is 274 g/mol. The fraction of sp³-hybridized carbons (Fsp3) is 0.438. The third-order valence-corrected chi connectivity index (χ3v) is 4.13. The fourth-order valence-electron chi connectivity index (χ4n) is 3.15. The lowest BCUT2D eigenvalue weighted by Crippen LogP contribution is -2.31. The molecule has 0 saturated heterocycles. The minimum atomic E-state index is -0.837. The number of benzene rings is 1. The molecule has 0 aliphatic heterocycles. The molecule has 4 heteroatoms. The van der Waals surface area contributed by atoms with E-state index in [-0.39, 0.29) is 11.9 Å². The Morgan fingerprint density at radius 2 is 2.20 bits per heavy atom. The Balaban J connectivity index is 2.26. The molecular formula is C16H18O4. The third-order valence-electron chi connectivity index (χ3n) is 4.13. The molecule has 1 aliphatic carbocycles. The van der Waals surface area contributed by atoms with Crippen LogP contribution < -0.4 is 0 Å². The molecule has 20 heavy (non-hydrogen) atoms. The van der Waals surface area contributed by atoms with Gasteiger partial charge in [0.1, 0.15) is 5.58 Å². The van der Waals surface area contributed by atoms with E-state index in [1.54, 1.807) is 26.2 Å². The first-order chi connectivity index (χ1) is 9.41. The van der Waals surface area contributed by atoms with Gasteiger partial charge in [-0.2, -0.15) is 0 Å². The number of methoxy groups -OCH3 is 1. The average Bonchev–Trinajstić information content (AvgIpc) is 2.81. The minimum absolute atomic E-state index is 0.0142. The Morgan fingerprint density at radius 1 is 1.45 bits per heavy atom. The highest BCUT2D eigenvalue weighted by atomic mass is 16.5. The second-order valence-electron chi connectivity index (χ2n) is 5.94. The predicted octanol–water partition coefficient (Wildman–Crippen LogP) is 3.02. The van der Waals surface area contributed by atoms with Crippen LogP contribution in [0.25, 0.3) is 11.0 Å². The molecular weight excluding hydrogens is 256 g/mol. The van der Waals surface area contributed by atoms with Crippen LogP contribution in [0.5, 0.6) is 0 Å². The van der Waals surface area contributed by atoms with Gasteiger partial charge in [-0.05, 0) is 49.9 Å². The maximum absolute atomic E-state index is 11.8. The lowest BCUT2D eigenvalue weighted by atomic mass is 9.75. The molecule has 2 aromatic rings. The topological polar surface area (TPSA) is 59.7 Å². The first-order valence-corrected chi connectivity index (χ1v) is 6.76. The van der Waals surface area contributed by atoms with Gasteiger partial charge in [0.2, 0.25) is 0 Å². The molecule has 106 valence electrons. The fourth-order valence-corrected chi connectivity index (χ4v) is 3.15. The Kier molecular flexibility index (Phi) is 2.87. The van der Waals surface area contributed by atoms with E-state index in [2.05, 4.69) is 0 Å². The number of rotatable bonds is 2. The molecule has 0 bridgehead atoms. The Hall–Kier alpha value is -1.81. The van der Waals surface area contributed by atoms with Crippen LogP contribution in [0.1, 0.15) is 47.7 Å². The van der Waals surface area contributed by atoms with Gasteiger partial charge < -0.3 is 14.3 Å². The highest BCUT2D eigenvalue weighted by Gasteiger charge is 2.34. The zero-order chi connectivity index (χ0) is 14.5. The van der Waals surface area contributed by atoms with Gasteiger partial charge in [0.15, 0.2) is 0 Å². The van der Waals surface area contributed by atoms with Gasteiger partial charge >= 0.3 is 5.97 Å². The van der Waals surface area contributed by atoms with Gasteiger partial charge in [-0.1, -0.05) is 0 Å². The molecule has 0 saturated carbocycles. The van der Waals surface area contributed by atoms with E-state index in [0.29, 0.717) is 11.1 Å². The van der Waals surface area contributed by atoms with Crippen molar-refractivity contribution in [1.82, 2.24) is 0 Å². The number of aliphatic hydroxyl groups is 1. The van der Waals surface area contributed by atoms with E-state index in [0.717, 1.165) is 29.4 Å². The molecule has 0 spiro atoms. The lowest BCUT2D eigenvalue weighted by Gasteiger charge is -2.33. The van der Waals surface area contributed by atoms with Gasteiger partial charge in [0.25, 0.3) is 0 Å². The first kappa shape index (κ1) is 13.2. The maximum Gasteiger partial charge on any atom is 0.337 e. The van der Waals surface area contributed by atoms with Gasteiger partial charge in [0, 0.05) is 11.3 Å². The van der Waals surface area contributed by atoms with Gasteiger partial charge in [-0.25, -0.2) is 4.79 Å². The predicted molar refractivity (Wildman–Crippen MR) is 74.9 cm³/mol. The van der Waals surface area contributed by atoms with Crippen molar-refractivity contribution in [1.29, 1.82) is 0 Å². The van der Waals surface area contributed by atoms with E-state index in [9.17, 15) is 9.90 Å². The minimum Gasteiger partial charge on any atom is -0.465 e. The molecule has 1 atom stereocenters. The number of esters is 1. The van der Waals surface area contributed by atoms with Crippen LogP contribution in [0.15, 0.2) is 22.8 Å². The average molecular weight is 274 g/mol. The molecule has 0 fully saturated rings. The molecule has 1 heterocycles. The van der Waals surface area contributed by atoms with Gasteiger partial charge in [-0.3, -0.25) is 0 Å². The highest BCUT2D eigenvalue weighted by Crippen LogP contribution is 2.43. The van der Waals surface area contributed by atoms with Crippen LogP contribution in [0, 0.1) is 0 Å². The van der Waals surface area contributed by atoms with E-state index >= 15 is 0 Å². The summed E-state index contributed by atoms with van der Waals surface area (Å²) in [5, 5.41) is 11.4. The van der Waals surface area contributed by atoms with E-state index in [1.807, 2.05) is 6.07 Å². The van der Waals surface area contributed by atoms with Crippen molar-refractivity contribution in [2.75, 3.05) is 7.11 Å². The normalized spacial score (nSPS) is 18.3. The molecule has 1 N–H and O–H groups in total. The van der Waals surface area contributed by atoms with Crippen molar-refractivity contribution >= 4 is 16.9 Å². The Bertz CT molecular complexity index is 676. The summed E-state index contributed by atoms with van der Waals surface area (Å²) in [6.07, 6.45) is 3.47. The van der Waals surface area contributed by atoms with Crippen molar-refractivity contribution in [3.8, 4) is 0 Å². The largest absolute Gasteiger partial charge is 0.465 e. The van der Waals surface area contributed by atoms with Crippen LogP contribution in [-0.4, -0.2) is 23.8 Å². The molecule has 4 nitrogen and oxygen atoms in total. The second-order valence-corrected chi connectivity index (χ2v) is 5.94. The summed E-state index contributed by atoms with van der Waals surface area (Å²) < 4.78 is 10.4. The van der Waals surface area contributed by atoms with Crippen LogP contribution >= 0.6 is 0 Å². The summed E-state index contributed by atoms with van der Waals surface area (Å²) in [6.45, 7) is 3.61. The number of hydrogen-bond donors (Lipinski definition) is 1. The summed E-state index contributed by atoms with van der Waals surface area (Å²) in [5.74, 6) is -0.402. The molecule has 0 amide bonds. The lowest BCUT2D eigenvalue weighted by molar-refractivity contribution is 0.0460. The summed E-state index contributed by atoms with van der Waals surface area (Å²) in [7, 11) is 1.36. The molecule has 0 radical (unpaired) electrons. The van der Waals surface area contributed by atoms with Crippen LogP contribution in [0.3, 0.4) is 0 Å². The standard InChI is InChI=1S/C16H18O4/c1-16(2,18)12-5-4-9-8-20-13-7-10(15(17)19-3)6-11(12)14(9)13/h6-8,12,18H,4-5H2,1-3H3/t12-/m0/s1. The van der Waals surface area contributed by atoms with E-state index < -0.39 is 5.60 Å². The van der Waals surface area contributed by atoms with Gasteiger partial charge in [0.05, 0.1) is 24.5 Å². The summed E-state index contributed by atoms with van der Waals surface area (Å²) in [6, 6.07) is 3.54. The number of carbonyl (C=O) groups excluding carboxylic acids is 1. The summed E-state index contributed by atoms with van der Waals surface area (Å²) in [5.41, 5.74) is 2.44. The maximum atomic E-state index is 11.8. The van der Waals surface area contributed by atoms with Crippen LogP contribution in [0.4, 0.5) is 0 Å². The van der Waals surface area contributed by atoms with Crippen molar-refractivity contribution in [3.63, 3.8) is 0 Å². The van der Waals surface area contributed by atoms with E-state index in [1.165, 1.54) is 7.11 Å². The number of ether oxygens (including phenoxy) is 1. The van der Waals surface area contributed by atoms with Crippen molar-refractivity contribution in [3.05, 3.63) is 35.1 Å². The highest BCUT2D eigenvalue weighted by molar-refractivity contribution is 5.96. The summed E-state index contributed by atoms with van der Waals surface area (Å²) in [4.78, 5) is 11.8. The Morgan fingerprint density at radius 3 is 2.85 bits per heavy atom. The first-order valence-electron chi connectivity index (χ1n) is 6.76. The molecule has 0 unspecified atom stereocenters. The number of furan rings is 1. The van der Waals surface area contributed by atoms with Crippen LogP contribution in [0.2, 0.25) is 0 Å². The molecule has 1 aliphatic rings. The Labute approximate surface area is 117 Å². The smallest absolute Gasteiger partial charge is 0.337 e. The van der Waals surface area contributed by atoms with E-state index in [4.69, 9.17) is 9.15 Å². The molecule has 3 rings (SSSR count). The van der Waals surface area contributed by atoms with Crippen molar-refractivity contribution in [2.45, 2.75) is 38.2 Å². The zero-order valence-electron chi connectivity index (χ0n) is 11.9. The van der Waals surface area contributed by atoms with Crippen molar-refractivity contribution in [2.24, 2.45) is 0 Å². The number of hydrogen-bond acceptors (Lipinski definition) is 4. The van der Waals surface area contributed by atoms with Gasteiger partial charge in [-0.15, -0.1) is 0 Å². The number of carbonyl (C=O) groups is 1. The second kappa shape index (κ2) is 4.35. The van der Waals surface area contributed by atoms with Crippen LogP contribution in [-0.2, 0) is 11.2 Å². The quantitative estimate of drug-likeness (QED) is 0.855. The van der Waals surface area contributed by atoms with Crippen molar-refractivity contribution < 1.29 is 19.1 Å². The zero-order valence-corrected chi connectivity index (χ0v) is 11.9. The summed E-state index contributed by atoms with van der Waals surface area (Å²) >= 11 is 0. The third kappa shape index (κ3) is 1.91.